The third-order valence-electron chi connectivity index (χ3n) is 3.16. The van der Waals surface area contributed by atoms with E-state index < -0.39 is 27.9 Å². The van der Waals surface area contributed by atoms with Gasteiger partial charge in [0.2, 0.25) is 0 Å². The van der Waals surface area contributed by atoms with Crippen molar-refractivity contribution in [3.63, 3.8) is 0 Å². The molecule has 0 aliphatic carbocycles. The molecule has 1 aromatic rings. The molecule has 0 fully saturated rings. The Morgan fingerprint density at radius 2 is 1.72 bits per heavy atom. The maximum Gasteiger partial charge on any atom is 0.333 e. The van der Waals surface area contributed by atoms with E-state index >= 15 is 0 Å². The van der Waals surface area contributed by atoms with Gasteiger partial charge in [0.25, 0.3) is 0 Å². The Morgan fingerprint density at radius 3 is 2.24 bits per heavy atom. The zero-order chi connectivity index (χ0) is 19.0. The lowest BCUT2D eigenvalue weighted by Crippen LogP contribution is -2.25. The average Bonchev–Trinajstić information content (AvgIpc) is 2.55. The largest absolute Gasteiger partial charge is 0.463 e. The summed E-state index contributed by atoms with van der Waals surface area (Å²) in [6.45, 7) is 4.32. The number of carbonyl (C=O) groups excluding carboxylic acids is 2. The minimum absolute atomic E-state index is 0.0799. The maximum absolute atomic E-state index is 11.6. The molecule has 0 bridgehead atoms. The molecule has 0 saturated carbocycles. The van der Waals surface area contributed by atoms with E-state index in [1.54, 1.807) is 12.1 Å². The highest BCUT2D eigenvalue weighted by molar-refractivity contribution is 7.90. The van der Waals surface area contributed by atoms with E-state index in [0.29, 0.717) is 6.42 Å². The average molecular weight is 370 g/mol. The van der Waals surface area contributed by atoms with E-state index in [9.17, 15) is 23.1 Å². The second-order valence-electron chi connectivity index (χ2n) is 5.63. The van der Waals surface area contributed by atoms with Crippen LogP contribution in [0.3, 0.4) is 0 Å². The van der Waals surface area contributed by atoms with Gasteiger partial charge in [-0.15, -0.1) is 0 Å². The molecule has 0 amide bonds. The minimum Gasteiger partial charge on any atom is -0.463 e. The third-order valence-corrected chi connectivity index (χ3v) is 4.29. The van der Waals surface area contributed by atoms with Gasteiger partial charge in [0.05, 0.1) is 4.90 Å². The molecule has 0 aliphatic heterocycles. The summed E-state index contributed by atoms with van der Waals surface area (Å²) in [5.41, 5.74) is 1.01. The molecule has 7 nitrogen and oxygen atoms in total. The van der Waals surface area contributed by atoms with E-state index in [4.69, 9.17) is 9.47 Å². The molecule has 138 valence electrons. The van der Waals surface area contributed by atoms with Crippen LogP contribution in [-0.4, -0.2) is 51.0 Å². The monoisotopic (exact) mass is 370 g/mol. The zero-order valence-electron chi connectivity index (χ0n) is 14.2. The summed E-state index contributed by atoms with van der Waals surface area (Å²) < 4.78 is 32.4. The molecular weight excluding hydrogens is 348 g/mol. The molecule has 0 radical (unpaired) electrons. The lowest BCUT2D eigenvalue weighted by atomic mass is 10.1. The molecule has 0 spiro atoms. The van der Waals surface area contributed by atoms with Gasteiger partial charge < -0.3 is 14.6 Å². The first-order valence-corrected chi connectivity index (χ1v) is 9.44. The van der Waals surface area contributed by atoms with Crippen LogP contribution in [0.1, 0.15) is 18.9 Å². The summed E-state index contributed by atoms with van der Waals surface area (Å²) in [5, 5.41) is 9.58. The summed E-state index contributed by atoms with van der Waals surface area (Å²) in [6.07, 6.45) is 0.472. The predicted octanol–water partition coefficient (Wildman–Crippen LogP) is 1.05. The predicted molar refractivity (Wildman–Crippen MR) is 90.6 cm³/mol. The lowest BCUT2D eigenvalue weighted by molar-refractivity contribution is -0.150. The molecule has 0 saturated heterocycles. The van der Waals surface area contributed by atoms with E-state index in [-0.39, 0.29) is 30.1 Å². The SMILES string of the molecule is C=C(C)C(=O)OCC(O)COC(=O)CCc1ccc(S(C)(=O)=O)cc1. The third kappa shape index (κ3) is 7.95. The standard InChI is InChI=1S/C17H22O7S/c1-12(2)17(20)24-11-14(18)10-23-16(19)9-6-13-4-7-15(8-5-13)25(3,21)22/h4-5,7-8,14,18H,1,6,9-11H2,2-3H3. The topological polar surface area (TPSA) is 107 Å². The van der Waals surface area contributed by atoms with Gasteiger partial charge in [-0.1, -0.05) is 18.7 Å². The molecule has 0 aliphatic rings. The molecule has 25 heavy (non-hydrogen) atoms. The van der Waals surface area contributed by atoms with E-state index in [2.05, 4.69) is 6.58 Å². The van der Waals surface area contributed by atoms with Gasteiger partial charge in [0.15, 0.2) is 9.84 Å². The molecule has 0 aromatic heterocycles. The van der Waals surface area contributed by atoms with Gasteiger partial charge in [0.1, 0.15) is 19.3 Å². The maximum atomic E-state index is 11.6. The fraction of sp³-hybridized carbons (Fsp3) is 0.412. The normalized spacial score (nSPS) is 12.3. The van der Waals surface area contributed by atoms with Gasteiger partial charge in [-0.2, -0.15) is 0 Å². The van der Waals surface area contributed by atoms with Crippen LogP contribution in [0.2, 0.25) is 0 Å². The van der Waals surface area contributed by atoms with Crippen molar-refractivity contribution in [3.05, 3.63) is 42.0 Å². The number of hydrogen-bond acceptors (Lipinski definition) is 7. The van der Waals surface area contributed by atoms with Crippen LogP contribution in [0.4, 0.5) is 0 Å². The first-order chi connectivity index (χ1) is 11.6. The molecule has 1 unspecified atom stereocenters. The zero-order valence-corrected chi connectivity index (χ0v) is 15.0. The van der Waals surface area contributed by atoms with Gasteiger partial charge >= 0.3 is 11.9 Å². The summed E-state index contributed by atoms with van der Waals surface area (Å²) >= 11 is 0. The van der Waals surface area contributed by atoms with Crippen molar-refractivity contribution in [3.8, 4) is 0 Å². The molecular formula is C17H22O7S. The summed E-state index contributed by atoms with van der Waals surface area (Å²) in [5.74, 6) is -1.14. The quantitative estimate of drug-likeness (QED) is 0.511. The van der Waals surface area contributed by atoms with Gasteiger partial charge in [-0.3, -0.25) is 4.79 Å². The molecule has 1 N–H and O–H groups in total. The highest BCUT2D eigenvalue weighted by atomic mass is 32.2. The summed E-state index contributed by atoms with van der Waals surface area (Å²) in [7, 11) is -3.25. The number of aliphatic hydroxyl groups excluding tert-OH is 1. The highest BCUT2D eigenvalue weighted by Gasteiger charge is 2.13. The van der Waals surface area contributed by atoms with Crippen molar-refractivity contribution < 1.29 is 32.6 Å². The van der Waals surface area contributed by atoms with Crippen LogP contribution in [-0.2, 0) is 35.3 Å². The van der Waals surface area contributed by atoms with Crippen LogP contribution in [0.5, 0.6) is 0 Å². The fourth-order valence-electron chi connectivity index (χ4n) is 1.75. The summed E-state index contributed by atoms with van der Waals surface area (Å²) in [4.78, 5) is 23.0. The van der Waals surface area contributed by atoms with E-state index in [1.165, 1.54) is 19.1 Å². The van der Waals surface area contributed by atoms with Crippen molar-refractivity contribution in [2.24, 2.45) is 0 Å². The Bertz CT molecular complexity index is 720. The molecule has 1 rings (SSSR count). The van der Waals surface area contributed by atoms with E-state index in [0.717, 1.165) is 11.8 Å². The number of carbonyl (C=O) groups is 2. The number of aryl methyl sites for hydroxylation is 1. The van der Waals surface area contributed by atoms with Crippen LogP contribution in [0, 0.1) is 0 Å². The second-order valence-corrected chi connectivity index (χ2v) is 7.65. The number of hydrogen-bond donors (Lipinski definition) is 1. The number of ether oxygens (including phenoxy) is 2. The van der Waals surface area contributed by atoms with Gasteiger partial charge in [-0.05, 0) is 31.0 Å². The van der Waals surface area contributed by atoms with Crippen molar-refractivity contribution >= 4 is 21.8 Å². The second kappa shape index (κ2) is 9.33. The van der Waals surface area contributed by atoms with Crippen LogP contribution in [0.25, 0.3) is 0 Å². The number of aliphatic hydroxyl groups is 1. The Morgan fingerprint density at radius 1 is 1.16 bits per heavy atom. The Hall–Kier alpha value is -2.19. The van der Waals surface area contributed by atoms with Crippen molar-refractivity contribution in [2.75, 3.05) is 19.5 Å². The van der Waals surface area contributed by atoms with Crippen LogP contribution >= 0.6 is 0 Å². The minimum atomic E-state index is -3.25. The number of sulfone groups is 1. The summed E-state index contributed by atoms with van der Waals surface area (Å²) in [6, 6.07) is 6.23. The number of esters is 2. The Kier molecular flexibility index (Phi) is 7.79. The van der Waals surface area contributed by atoms with Crippen molar-refractivity contribution in [1.29, 1.82) is 0 Å². The molecule has 0 heterocycles. The molecule has 1 atom stereocenters. The smallest absolute Gasteiger partial charge is 0.333 e. The number of benzene rings is 1. The lowest BCUT2D eigenvalue weighted by Gasteiger charge is -2.12. The van der Waals surface area contributed by atoms with E-state index in [1.807, 2.05) is 0 Å². The van der Waals surface area contributed by atoms with Crippen LogP contribution < -0.4 is 0 Å². The molecule has 1 aromatic carbocycles. The highest BCUT2D eigenvalue weighted by Crippen LogP contribution is 2.12. The molecule has 8 heteroatoms. The fourth-order valence-corrected chi connectivity index (χ4v) is 2.38. The van der Waals surface area contributed by atoms with Gasteiger partial charge in [-0.25, -0.2) is 13.2 Å². The first kappa shape index (κ1) is 20.9. The number of rotatable bonds is 9. The Balaban J connectivity index is 2.33. The van der Waals surface area contributed by atoms with Crippen molar-refractivity contribution in [1.82, 2.24) is 0 Å². The first-order valence-electron chi connectivity index (χ1n) is 7.55. The van der Waals surface area contributed by atoms with Gasteiger partial charge in [0, 0.05) is 18.2 Å². The van der Waals surface area contributed by atoms with Crippen LogP contribution in [0.15, 0.2) is 41.3 Å². The van der Waals surface area contributed by atoms with Crippen molar-refractivity contribution in [2.45, 2.75) is 30.8 Å². The Labute approximate surface area is 147 Å².